The third-order valence-corrected chi connectivity index (χ3v) is 7.49. The average molecular weight is 483 g/mol. The Bertz CT molecular complexity index is 1370. The molecule has 0 saturated heterocycles. The molecule has 0 radical (unpaired) electrons. The number of furan rings is 1. The highest BCUT2D eigenvalue weighted by atomic mass is 35.5. The number of nitrogens with one attached hydrogen (secondary N) is 1. The molecule has 1 N–H and O–H groups in total. The van der Waals surface area contributed by atoms with E-state index < -0.39 is 22.0 Å². The molecule has 1 amide bonds. The summed E-state index contributed by atoms with van der Waals surface area (Å²) < 4.78 is 33.3. The van der Waals surface area contributed by atoms with Crippen molar-refractivity contribution in [1.29, 1.82) is 0 Å². The SMILES string of the molecule is CC(NC(=O)c1cc(S(=O)(=O)N(C)Cc2ccccc2)ccc1Cl)c1cc2ccccc2o1. The fourth-order valence-corrected chi connectivity index (χ4v) is 4.89. The van der Waals surface area contributed by atoms with Gasteiger partial charge in [0, 0.05) is 19.0 Å². The minimum atomic E-state index is -3.83. The van der Waals surface area contributed by atoms with Gasteiger partial charge in [-0.25, -0.2) is 8.42 Å². The van der Waals surface area contributed by atoms with Crippen LogP contribution in [0.1, 0.15) is 34.6 Å². The summed E-state index contributed by atoms with van der Waals surface area (Å²) >= 11 is 6.25. The third-order valence-electron chi connectivity index (χ3n) is 5.36. The van der Waals surface area contributed by atoms with Gasteiger partial charge in [-0.1, -0.05) is 60.1 Å². The minimum Gasteiger partial charge on any atom is -0.459 e. The molecule has 0 aliphatic rings. The number of fused-ring (bicyclic) bond motifs is 1. The first-order valence-electron chi connectivity index (χ1n) is 10.3. The molecule has 0 saturated carbocycles. The Morgan fingerprint density at radius 3 is 2.45 bits per heavy atom. The van der Waals surface area contributed by atoms with E-state index in [1.165, 1.54) is 29.6 Å². The Kier molecular flexibility index (Phi) is 6.56. The molecule has 1 aromatic heterocycles. The predicted octanol–water partition coefficient (Wildman–Crippen LogP) is 5.40. The lowest BCUT2D eigenvalue weighted by molar-refractivity contribution is 0.0935. The average Bonchev–Trinajstić information content (AvgIpc) is 3.24. The van der Waals surface area contributed by atoms with Gasteiger partial charge in [0.05, 0.1) is 21.5 Å². The van der Waals surface area contributed by atoms with Crippen LogP contribution >= 0.6 is 11.6 Å². The zero-order valence-corrected chi connectivity index (χ0v) is 19.7. The van der Waals surface area contributed by atoms with Crippen molar-refractivity contribution in [1.82, 2.24) is 9.62 Å². The number of carbonyl (C=O) groups is 1. The van der Waals surface area contributed by atoms with Gasteiger partial charge in [-0.05, 0) is 42.8 Å². The Morgan fingerprint density at radius 1 is 1.03 bits per heavy atom. The molecule has 0 bridgehead atoms. The fourth-order valence-electron chi connectivity index (χ4n) is 3.51. The number of rotatable bonds is 7. The monoisotopic (exact) mass is 482 g/mol. The molecule has 1 heterocycles. The summed E-state index contributed by atoms with van der Waals surface area (Å²) in [5, 5.41) is 3.93. The quantitative estimate of drug-likeness (QED) is 0.382. The number of hydrogen-bond acceptors (Lipinski definition) is 4. The first kappa shape index (κ1) is 23.0. The number of nitrogens with zero attached hydrogens (tertiary/aromatic N) is 1. The van der Waals surface area contributed by atoms with Crippen LogP contribution in [0.5, 0.6) is 0 Å². The molecule has 4 rings (SSSR count). The van der Waals surface area contributed by atoms with E-state index >= 15 is 0 Å². The Labute approximate surface area is 197 Å². The molecule has 0 aliphatic heterocycles. The molecule has 4 aromatic rings. The number of halogens is 1. The summed E-state index contributed by atoms with van der Waals surface area (Å²) in [6.07, 6.45) is 0. The molecular formula is C25H23ClN2O4S. The minimum absolute atomic E-state index is 0.00753. The smallest absolute Gasteiger partial charge is 0.253 e. The van der Waals surface area contributed by atoms with Gasteiger partial charge in [0.15, 0.2) is 0 Å². The van der Waals surface area contributed by atoms with Crippen LogP contribution in [0.4, 0.5) is 0 Å². The van der Waals surface area contributed by atoms with Crippen molar-refractivity contribution in [2.75, 3.05) is 7.05 Å². The van der Waals surface area contributed by atoms with Crippen molar-refractivity contribution in [3.8, 4) is 0 Å². The van der Waals surface area contributed by atoms with Crippen molar-refractivity contribution in [3.05, 3.63) is 101 Å². The molecule has 33 heavy (non-hydrogen) atoms. The van der Waals surface area contributed by atoms with Gasteiger partial charge < -0.3 is 9.73 Å². The van der Waals surface area contributed by atoms with Crippen molar-refractivity contribution < 1.29 is 17.6 Å². The third kappa shape index (κ3) is 4.95. The molecule has 0 spiro atoms. The van der Waals surface area contributed by atoms with Crippen LogP contribution < -0.4 is 5.32 Å². The largest absolute Gasteiger partial charge is 0.459 e. The number of carbonyl (C=O) groups excluding carboxylic acids is 1. The van der Waals surface area contributed by atoms with E-state index in [2.05, 4.69) is 5.32 Å². The highest BCUT2D eigenvalue weighted by molar-refractivity contribution is 7.89. The van der Waals surface area contributed by atoms with E-state index in [-0.39, 0.29) is 22.0 Å². The van der Waals surface area contributed by atoms with Gasteiger partial charge >= 0.3 is 0 Å². The van der Waals surface area contributed by atoms with Crippen molar-refractivity contribution in [2.45, 2.75) is 24.4 Å². The van der Waals surface area contributed by atoms with Crippen molar-refractivity contribution in [3.63, 3.8) is 0 Å². The lowest BCUT2D eigenvalue weighted by Gasteiger charge is -2.18. The van der Waals surface area contributed by atoms with Crippen molar-refractivity contribution in [2.24, 2.45) is 0 Å². The number of benzene rings is 3. The van der Waals surface area contributed by atoms with Crippen LogP contribution in [0.25, 0.3) is 11.0 Å². The molecule has 0 aliphatic carbocycles. The van der Waals surface area contributed by atoms with E-state index in [9.17, 15) is 13.2 Å². The standard InChI is InChI=1S/C25H23ClN2O4S/c1-17(24-14-19-10-6-7-11-23(19)32-24)27-25(29)21-15-20(12-13-22(21)26)33(30,31)28(2)16-18-8-4-3-5-9-18/h3-15,17H,16H2,1-2H3,(H,27,29). The number of para-hydroxylation sites is 1. The Hall–Kier alpha value is -3.13. The maximum atomic E-state index is 13.1. The van der Waals surface area contributed by atoms with Crippen LogP contribution in [0.2, 0.25) is 5.02 Å². The van der Waals surface area contributed by atoms with Crippen LogP contribution in [0.15, 0.2) is 88.2 Å². The lowest BCUT2D eigenvalue weighted by atomic mass is 10.1. The van der Waals surface area contributed by atoms with Crippen molar-refractivity contribution >= 4 is 38.5 Å². The predicted molar refractivity (Wildman–Crippen MR) is 129 cm³/mol. The number of amides is 1. The zero-order valence-electron chi connectivity index (χ0n) is 18.2. The second-order valence-electron chi connectivity index (χ2n) is 7.77. The van der Waals surface area contributed by atoms with E-state index in [0.717, 1.165) is 16.5 Å². The van der Waals surface area contributed by atoms with Crippen LogP contribution in [0.3, 0.4) is 0 Å². The van der Waals surface area contributed by atoms with Crippen LogP contribution in [-0.4, -0.2) is 25.7 Å². The molecule has 3 aromatic carbocycles. The summed E-state index contributed by atoms with van der Waals surface area (Å²) in [6, 6.07) is 22.4. The first-order valence-corrected chi connectivity index (χ1v) is 12.2. The highest BCUT2D eigenvalue weighted by Crippen LogP contribution is 2.26. The van der Waals surface area contributed by atoms with Gasteiger partial charge in [-0.3, -0.25) is 4.79 Å². The normalized spacial score (nSPS) is 12.7. The fraction of sp³-hybridized carbons (Fsp3) is 0.160. The van der Waals surface area contributed by atoms with Gasteiger partial charge in [-0.2, -0.15) is 4.31 Å². The molecule has 170 valence electrons. The summed E-state index contributed by atoms with van der Waals surface area (Å²) in [6.45, 7) is 1.99. The Balaban J connectivity index is 1.55. The van der Waals surface area contributed by atoms with Gasteiger partial charge in [0.25, 0.3) is 5.91 Å². The molecule has 0 fully saturated rings. The highest BCUT2D eigenvalue weighted by Gasteiger charge is 2.24. The maximum absolute atomic E-state index is 13.1. The van der Waals surface area contributed by atoms with Gasteiger partial charge in [0.2, 0.25) is 10.0 Å². The number of sulfonamides is 1. The van der Waals surface area contributed by atoms with Gasteiger partial charge in [0.1, 0.15) is 11.3 Å². The second kappa shape index (κ2) is 9.39. The van der Waals surface area contributed by atoms with E-state index in [1.807, 2.05) is 60.7 Å². The summed E-state index contributed by atoms with van der Waals surface area (Å²) in [7, 11) is -2.33. The van der Waals surface area contributed by atoms with Crippen LogP contribution in [0, 0.1) is 0 Å². The van der Waals surface area contributed by atoms with E-state index in [1.54, 1.807) is 6.92 Å². The van der Waals surface area contributed by atoms with Crippen LogP contribution in [-0.2, 0) is 16.6 Å². The summed E-state index contributed by atoms with van der Waals surface area (Å²) in [5.74, 6) is 0.0998. The Morgan fingerprint density at radius 2 is 1.73 bits per heavy atom. The maximum Gasteiger partial charge on any atom is 0.253 e. The first-order chi connectivity index (χ1) is 15.8. The molecule has 1 unspecified atom stereocenters. The summed E-state index contributed by atoms with van der Waals surface area (Å²) in [5.41, 5.74) is 1.66. The zero-order chi connectivity index (χ0) is 23.6. The molecule has 1 atom stereocenters. The topological polar surface area (TPSA) is 79.6 Å². The second-order valence-corrected chi connectivity index (χ2v) is 10.2. The van der Waals surface area contributed by atoms with E-state index in [0.29, 0.717) is 5.76 Å². The number of hydrogen-bond donors (Lipinski definition) is 1. The molecule has 8 heteroatoms. The molecule has 6 nitrogen and oxygen atoms in total. The molecular weight excluding hydrogens is 460 g/mol. The lowest BCUT2D eigenvalue weighted by Crippen LogP contribution is -2.28. The summed E-state index contributed by atoms with van der Waals surface area (Å²) in [4.78, 5) is 13.0. The van der Waals surface area contributed by atoms with Gasteiger partial charge in [-0.15, -0.1) is 0 Å². The van der Waals surface area contributed by atoms with E-state index in [4.69, 9.17) is 16.0 Å².